The third-order valence-electron chi connectivity index (χ3n) is 4.43. The SMILES string of the molecule is CCOC(=O)CCNCc1cc2n(n1)CCN(C(=O)OCc1ccccc1)C2. The number of esters is 1. The van der Waals surface area contributed by atoms with Gasteiger partial charge in [-0.2, -0.15) is 5.10 Å². The van der Waals surface area contributed by atoms with Gasteiger partial charge in [-0.15, -0.1) is 0 Å². The summed E-state index contributed by atoms with van der Waals surface area (Å²) in [6, 6.07) is 11.6. The van der Waals surface area contributed by atoms with E-state index in [1.807, 2.05) is 41.1 Å². The number of carbonyl (C=O) groups is 2. The van der Waals surface area contributed by atoms with Gasteiger partial charge in [0.25, 0.3) is 0 Å². The van der Waals surface area contributed by atoms with Crippen LogP contribution in [0.4, 0.5) is 4.79 Å². The number of nitrogens with one attached hydrogen (secondary N) is 1. The number of rotatable bonds is 8. The predicted octanol–water partition coefficient (Wildman–Crippen LogP) is 2.08. The molecule has 0 saturated carbocycles. The predicted molar refractivity (Wildman–Crippen MR) is 102 cm³/mol. The number of ether oxygens (including phenoxy) is 2. The topological polar surface area (TPSA) is 85.7 Å². The quantitative estimate of drug-likeness (QED) is 0.552. The first kappa shape index (κ1) is 19.9. The van der Waals surface area contributed by atoms with Crippen LogP contribution in [0.2, 0.25) is 0 Å². The van der Waals surface area contributed by atoms with Gasteiger partial charge in [0.1, 0.15) is 6.61 Å². The van der Waals surface area contributed by atoms with Crippen molar-refractivity contribution in [3.63, 3.8) is 0 Å². The molecule has 1 N–H and O–H groups in total. The lowest BCUT2D eigenvalue weighted by Gasteiger charge is -2.26. The molecule has 0 unspecified atom stereocenters. The highest BCUT2D eigenvalue weighted by atomic mass is 16.6. The molecule has 1 aromatic heterocycles. The van der Waals surface area contributed by atoms with E-state index in [0.29, 0.717) is 45.8 Å². The maximum Gasteiger partial charge on any atom is 0.410 e. The molecule has 1 aliphatic rings. The molecule has 1 aliphatic heterocycles. The Kier molecular flexibility index (Phi) is 7.02. The van der Waals surface area contributed by atoms with Gasteiger partial charge in [0, 0.05) is 19.6 Å². The standard InChI is InChI=1S/C20H26N4O4/c1-2-27-19(25)8-9-21-13-17-12-18-14-23(10-11-24(18)22-17)20(26)28-15-16-6-4-3-5-7-16/h3-7,12,21H,2,8-11,13-15H2,1H3. The minimum Gasteiger partial charge on any atom is -0.466 e. The number of benzene rings is 1. The van der Waals surface area contributed by atoms with E-state index in [-0.39, 0.29) is 18.7 Å². The number of aromatic nitrogens is 2. The summed E-state index contributed by atoms with van der Waals surface area (Å²) in [4.78, 5) is 25.4. The fourth-order valence-corrected chi connectivity index (χ4v) is 3.02. The smallest absolute Gasteiger partial charge is 0.410 e. The Labute approximate surface area is 164 Å². The Balaban J connectivity index is 1.44. The third-order valence-corrected chi connectivity index (χ3v) is 4.43. The summed E-state index contributed by atoms with van der Waals surface area (Å²) in [5.74, 6) is -0.205. The molecule has 0 bridgehead atoms. The van der Waals surface area contributed by atoms with E-state index >= 15 is 0 Å². The Hall–Kier alpha value is -2.87. The molecule has 8 heteroatoms. The van der Waals surface area contributed by atoms with Crippen LogP contribution in [0.5, 0.6) is 0 Å². The molecule has 28 heavy (non-hydrogen) atoms. The van der Waals surface area contributed by atoms with Crippen molar-refractivity contribution in [3.05, 3.63) is 53.3 Å². The maximum atomic E-state index is 12.3. The van der Waals surface area contributed by atoms with Gasteiger partial charge < -0.3 is 19.7 Å². The monoisotopic (exact) mass is 386 g/mol. The van der Waals surface area contributed by atoms with Crippen molar-refractivity contribution < 1.29 is 19.1 Å². The van der Waals surface area contributed by atoms with E-state index in [9.17, 15) is 9.59 Å². The van der Waals surface area contributed by atoms with E-state index in [0.717, 1.165) is 17.0 Å². The molecule has 0 radical (unpaired) electrons. The highest BCUT2D eigenvalue weighted by molar-refractivity contribution is 5.69. The van der Waals surface area contributed by atoms with Gasteiger partial charge in [0.2, 0.25) is 0 Å². The number of hydrogen-bond acceptors (Lipinski definition) is 6. The van der Waals surface area contributed by atoms with Crippen molar-refractivity contribution in [2.75, 3.05) is 19.7 Å². The summed E-state index contributed by atoms with van der Waals surface area (Å²) in [7, 11) is 0. The fraction of sp³-hybridized carbons (Fsp3) is 0.450. The fourth-order valence-electron chi connectivity index (χ4n) is 3.02. The van der Waals surface area contributed by atoms with Crippen molar-refractivity contribution >= 4 is 12.1 Å². The lowest BCUT2D eigenvalue weighted by molar-refractivity contribution is -0.142. The van der Waals surface area contributed by atoms with Gasteiger partial charge in [-0.3, -0.25) is 9.48 Å². The molecule has 2 aromatic rings. The van der Waals surface area contributed by atoms with Gasteiger partial charge >= 0.3 is 12.1 Å². The summed E-state index contributed by atoms with van der Waals surface area (Å²) in [5.41, 5.74) is 2.83. The van der Waals surface area contributed by atoms with Crippen LogP contribution in [0.1, 0.15) is 30.3 Å². The van der Waals surface area contributed by atoms with Gasteiger partial charge in [0.05, 0.1) is 37.5 Å². The molecule has 8 nitrogen and oxygen atoms in total. The third kappa shape index (κ3) is 5.56. The molecule has 3 rings (SSSR count). The van der Waals surface area contributed by atoms with Crippen LogP contribution in [0, 0.1) is 0 Å². The van der Waals surface area contributed by atoms with Gasteiger partial charge in [-0.1, -0.05) is 30.3 Å². The first-order valence-corrected chi connectivity index (χ1v) is 9.53. The second-order valence-electron chi connectivity index (χ2n) is 6.54. The van der Waals surface area contributed by atoms with Crippen LogP contribution < -0.4 is 5.32 Å². The van der Waals surface area contributed by atoms with Crippen molar-refractivity contribution in [3.8, 4) is 0 Å². The maximum absolute atomic E-state index is 12.3. The van der Waals surface area contributed by atoms with Crippen LogP contribution in [0.3, 0.4) is 0 Å². The summed E-state index contributed by atoms with van der Waals surface area (Å²) in [6.07, 6.45) is 0.0213. The van der Waals surface area contributed by atoms with E-state index in [2.05, 4.69) is 10.4 Å². The molecule has 0 saturated heterocycles. The molecule has 150 valence electrons. The average Bonchev–Trinajstić information content (AvgIpc) is 3.12. The van der Waals surface area contributed by atoms with E-state index in [1.165, 1.54) is 0 Å². The zero-order valence-electron chi connectivity index (χ0n) is 16.1. The lowest BCUT2D eigenvalue weighted by Crippen LogP contribution is -2.38. The normalized spacial score (nSPS) is 13.1. The molecule has 0 atom stereocenters. The first-order valence-electron chi connectivity index (χ1n) is 9.53. The largest absolute Gasteiger partial charge is 0.466 e. The molecule has 0 fully saturated rings. The zero-order chi connectivity index (χ0) is 19.8. The summed E-state index contributed by atoms with van der Waals surface area (Å²) >= 11 is 0. The summed E-state index contributed by atoms with van der Waals surface area (Å²) in [6.45, 7) is 5.25. The minimum absolute atomic E-state index is 0.205. The number of amides is 1. The highest BCUT2D eigenvalue weighted by Gasteiger charge is 2.23. The number of nitrogens with zero attached hydrogens (tertiary/aromatic N) is 3. The number of hydrogen-bond donors (Lipinski definition) is 1. The molecular formula is C20H26N4O4. The Morgan fingerprint density at radius 3 is 2.79 bits per heavy atom. The van der Waals surface area contributed by atoms with Crippen molar-refractivity contribution in [2.45, 2.75) is 39.6 Å². The Morgan fingerprint density at radius 2 is 2.00 bits per heavy atom. The number of carbonyl (C=O) groups excluding carboxylic acids is 2. The second-order valence-corrected chi connectivity index (χ2v) is 6.54. The van der Waals surface area contributed by atoms with Gasteiger partial charge in [-0.25, -0.2) is 4.79 Å². The van der Waals surface area contributed by atoms with Crippen LogP contribution in [-0.4, -0.2) is 46.4 Å². The first-order chi connectivity index (χ1) is 13.7. The van der Waals surface area contributed by atoms with E-state index in [1.54, 1.807) is 11.8 Å². The minimum atomic E-state index is -0.314. The Morgan fingerprint density at radius 1 is 1.18 bits per heavy atom. The molecule has 1 amide bonds. The van der Waals surface area contributed by atoms with Crippen LogP contribution >= 0.6 is 0 Å². The van der Waals surface area contributed by atoms with Crippen LogP contribution in [0.15, 0.2) is 36.4 Å². The van der Waals surface area contributed by atoms with Crippen molar-refractivity contribution in [1.82, 2.24) is 20.0 Å². The molecule has 2 heterocycles. The molecule has 1 aromatic carbocycles. The lowest BCUT2D eigenvalue weighted by atomic mass is 10.2. The van der Waals surface area contributed by atoms with Crippen molar-refractivity contribution in [2.24, 2.45) is 0 Å². The highest BCUT2D eigenvalue weighted by Crippen LogP contribution is 2.15. The molecule has 0 spiro atoms. The molecule has 0 aliphatic carbocycles. The summed E-state index contributed by atoms with van der Waals surface area (Å²) in [5, 5.41) is 7.74. The second kappa shape index (κ2) is 9.89. The zero-order valence-corrected chi connectivity index (χ0v) is 16.1. The van der Waals surface area contributed by atoms with E-state index in [4.69, 9.17) is 9.47 Å². The van der Waals surface area contributed by atoms with Gasteiger partial charge in [0.15, 0.2) is 0 Å². The van der Waals surface area contributed by atoms with E-state index < -0.39 is 0 Å². The average molecular weight is 386 g/mol. The van der Waals surface area contributed by atoms with Crippen LogP contribution in [0.25, 0.3) is 0 Å². The van der Waals surface area contributed by atoms with Crippen LogP contribution in [-0.2, 0) is 40.5 Å². The number of fused-ring (bicyclic) bond motifs is 1. The summed E-state index contributed by atoms with van der Waals surface area (Å²) < 4.78 is 12.2. The van der Waals surface area contributed by atoms with Gasteiger partial charge in [-0.05, 0) is 18.6 Å². The van der Waals surface area contributed by atoms with Crippen molar-refractivity contribution in [1.29, 1.82) is 0 Å². The Bertz CT molecular complexity index is 791. The molecular weight excluding hydrogens is 360 g/mol.